The van der Waals surface area contributed by atoms with E-state index in [1.54, 1.807) is 29.2 Å². The molecule has 2 fully saturated rings. The molecule has 2 heterocycles. The van der Waals surface area contributed by atoms with Crippen LogP contribution in [0, 0.1) is 0 Å². The van der Waals surface area contributed by atoms with E-state index in [0.717, 1.165) is 25.9 Å². The number of carbonyl (C=O) groups is 2. The lowest BCUT2D eigenvalue weighted by Gasteiger charge is -2.28. The summed E-state index contributed by atoms with van der Waals surface area (Å²) in [6.45, 7) is 3.91. The van der Waals surface area contributed by atoms with Gasteiger partial charge in [-0.3, -0.25) is 9.59 Å². The van der Waals surface area contributed by atoms with E-state index in [0.29, 0.717) is 24.1 Å². The van der Waals surface area contributed by atoms with Gasteiger partial charge in [-0.25, -0.2) is 8.42 Å². The van der Waals surface area contributed by atoms with E-state index in [9.17, 15) is 18.0 Å². The van der Waals surface area contributed by atoms with Crippen molar-refractivity contribution in [3.8, 4) is 0 Å². The van der Waals surface area contributed by atoms with Crippen LogP contribution in [0.25, 0.3) is 0 Å². The van der Waals surface area contributed by atoms with Crippen LogP contribution in [0.4, 0.5) is 0 Å². The molecule has 142 valence electrons. The molecule has 1 aromatic rings. The Morgan fingerprint density at radius 2 is 1.69 bits per heavy atom. The molecule has 0 N–H and O–H groups in total. The lowest BCUT2D eigenvalue weighted by Crippen LogP contribution is -2.41. The first kappa shape index (κ1) is 18.9. The maximum absolute atomic E-state index is 12.8. The first-order valence-electron chi connectivity index (χ1n) is 9.32. The Hall–Kier alpha value is -1.89. The Labute approximate surface area is 155 Å². The summed E-state index contributed by atoms with van der Waals surface area (Å²) in [7, 11) is -3.04. The van der Waals surface area contributed by atoms with Crippen LogP contribution in [0.3, 0.4) is 0 Å². The molecular formula is C19H26N2O4S. The summed E-state index contributed by atoms with van der Waals surface area (Å²) in [6.07, 6.45) is 3.74. The van der Waals surface area contributed by atoms with Crippen molar-refractivity contribution >= 4 is 21.7 Å². The quantitative estimate of drug-likeness (QED) is 0.803. The number of nitrogens with zero attached hydrogens (tertiary/aromatic N) is 2. The zero-order valence-corrected chi connectivity index (χ0v) is 16.0. The Bertz CT molecular complexity index is 767. The average Bonchev–Trinajstić information content (AvgIpc) is 3.02. The number of hydrogen-bond acceptors (Lipinski definition) is 4. The van der Waals surface area contributed by atoms with Crippen LogP contribution >= 0.6 is 0 Å². The third kappa shape index (κ3) is 4.09. The number of sulfone groups is 1. The lowest BCUT2D eigenvalue weighted by molar-refractivity contribution is 0.0701. The van der Waals surface area contributed by atoms with Gasteiger partial charge in [0.25, 0.3) is 11.8 Å². The highest BCUT2D eigenvalue weighted by atomic mass is 32.2. The molecule has 26 heavy (non-hydrogen) atoms. The maximum atomic E-state index is 12.8. The molecular weight excluding hydrogens is 352 g/mol. The van der Waals surface area contributed by atoms with Gasteiger partial charge in [0.1, 0.15) is 0 Å². The molecule has 2 aliphatic rings. The SMILES string of the molecule is CCN(C(=O)c1ccc(C(=O)N2CCCCC2)cc1)C1CCS(=O)(=O)C1. The monoisotopic (exact) mass is 378 g/mol. The van der Waals surface area contributed by atoms with Gasteiger partial charge in [0.15, 0.2) is 9.84 Å². The minimum absolute atomic E-state index is 0.0120. The van der Waals surface area contributed by atoms with Crippen molar-refractivity contribution in [2.75, 3.05) is 31.1 Å². The van der Waals surface area contributed by atoms with E-state index in [4.69, 9.17) is 0 Å². The zero-order valence-electron chi connectivity index (χ0n) is 15.2. The summed E-state index contributed by atoms with van der Waals surface area (Å²) < 4.78 is 23.4. The molecule has 2 aliphatic heterocycles. The number of hydrogen-bond donors (Lipinski definition) is 0. The average molecular weight is 378 g/mol. The van der Waals surface area contributed by atoms with Gasteiger partial charge in [0.05, 0.1) is 11.5 Å². The summed E-state index contributed by atoms with van der Waals surface area (Å²) in [5, 5.41) is 0. The smallest absolute Gasteiger partial charge is 0.254 e. The van der Waals surface area contributed by atoms with Crippen molar-refractivity contribution < 1.29 is 18.0 Å². The summed E-state index contributed by atoms with van der Waals surface area (Å²) >= 11 is 0. The molecule has 0 saturated carbocycles. The number of amides is 2. The molecule has 3 rings (SSSR count). The van der Waals surface area contributed by atoms with Gasteiger partial charge in [0, 0.05) is 36.8 Å². The van der Waals surface area contributed by atoms with Gasteiger partial charge in [-0.1, -0.05) is 0 Å². The van der Waals surface area contributed by atoms with Crippen LogP contribution in [0.1, 0.15) is 53.3 Å². The van der Waals surface area contributed by atoms with Crippen LogP contribution in [0.2, 0.25) is 0 Å². The molecule has 2 amide bonds. The summed E-state index contributed by atoms with van der Waals surface area (Å²) in [5.74, 6) is 0.0209. The fourth-order valence-corrected chi connectivity index (χ4v) is 5.52. The van der Waals surface area contributed by atoms with Gasteiger partial charge in [-0.05, 0) is 56.9 Å². The third-order valence-electron chi connectivity index (χ3n) is 5.27. The Morgan fingerprint density at radius 1 is 1.08 bits per heavy atom. The zero-order chi connectivity index (χ0) is 18.7. The van der Waals surface area contributed by atoms with Crippen LogP contribution in [0.5, 0.6) is 0 Å². The third-order valence-corrected chi connectivity index (χ3v) is 7.02. The number of rotatable bonds is 4. The van der Waals surface area contributed by atoms with E-state index in [1.165, 1.54) is 6.42 Å². The predicted molar refractivity (Wildman–Crippen MR) is 100.0 cm³/mol. The highest BCUT2D eigenvalue weighted by Gasteiger charge is 2.34. The largest absolute Gasteiger partial charge is 0.339 e. The summed E-state index contributed by atoms with van der Waals surface area (Å²) in [6, 6.07) is 6.48. The molecule has 0 bridgehead atoms. The van der Waals surface area contributed by atoms with Gasteiger partial charge in [-0.2, -0.15) is 0 Å². The van der Waals surface area contributed by atoms with E-state index >= 15 is 0 Å². The molecule has 6 nitrogen and oxygen atoms in total. The Morgan fingerprint density at radius 3 is 2.23 bits per heavy atom. The minimum Gasteiger partial charge on any atom is -0.339 e. The van der Waals surface area contributed by atoms with Gasteiger partial charge in [0.2, 0.25) is 0 Å². The van der Waals surface area contributed by atoms with Crippen molar-refractivity contribution in [1.29, 1.82) is 0 Å². The van der Waals surface area contributed by atoms with E-state index < -0.39 is 9.84 Å². The molecule has 1 aromatic carbocycles. The van der Waals surface area contributed by atoms with Crippen molar-refractivity contribution in [1.82, 2.24) is 9.80 Å². The molecule has 7 heteroatoms. The van der Waals surface area contributed by atoms with Crippen molar-refractivity contribution in [3.63, 3.8) is 0 Å². The van der Waals surface area contributed by atoms with Crippen molar-refractivity contribution in [3.05, 3.63) is 35.4 Å². The molecule has 1 unspecified atom stereocenters. The second-order valence-electron chi connectivity index (χ2n) is 7.08. The number of likely N-dealkylation sites (tertiary alicyclic amines) is 1. The molecule has 0 radical (unpaired) electrons. The number of piperidine rings is 1. The fourth-order valence-electron chi connectivity index (χ4n) is 3.79. The summed E-state index contributed by atoms with van der Waals surface area (Å²) in [5.41, 5.74) is 1.08. The van der Waals surface area contributed by atoms with E-state index in [-0.39, 0.29) is 29.4 Å². The highest BCUT2D eigenvalue weighted by Crippen LogP contribution is 2.20. The van der Waals surface area contributed by atoms with Crippen LogP contribution in [-0.4, -0.2) is 67.2 Å². The number of carbonyl (C=O) groups excluding carboxylic acids is 2. The molecule has 0 spiro atoms. The van der Waals surface area contributed by atoms with E-state index in [2.05, 4.69) is 0 Å². The second kappa shape index (κ2) is 7.78. The second-order valence-corrected chi connectivity index (χ2v) is 9.31. The van der Waals surface area contributed by atoms with Crippen LogP contribution in [-0.2, 0) is 9.84 Å². The molecule has 1 atom stereocenters. The minimum atomic E-state index is -3.04. The standard InChI is InChI=1S/C19H26N2O4S/c1-2-21(17-10-13-26(24,25)14-17)19(23)16-8-6-15(7-9-16)18(22)20-11-4-3-5-12-20/h6-9,17H,2-5,10-14H2,1H3. The van der Waals surface area contributed by atoms with Crippen molar-refractivity contribution in [2.24, 2.45) is 0 Å². The normalized spacial score (nSPS) is 22.2. The Balaban J connectivity index is 1.70. The van der Waals surface area contributed by atoms with E-state index in [1.807, 2.05) is 11.8 Å². The molecule has 0 aromatic heterocycles. The van der Waals surface area contributed by atoms with Gasteiger partial charge >= 0.3 is 0 Å². The fraction of sp³-hybridized carbons (Fsp3) is 0.579. The van der Waals surface area contributed by atoms with Crippen LogP contribution in [0.15, 0.2) is 24.3 Å². The number of benzene rings is 1. The highest BCUT2D eigenvalue weighted by molar-refractivity contribution is 7.91. The molecule has 2 saturated heterocycles. The van der Waals surface area contributed by atoms with Crippen molar-refractivity contribution in [2.45, 2.75) is 38.6 Å². The first-order chi connectivity index (χ1) is 12.4. The first-order valence-corrected chi connectivity index (χ1v) is 11.1. The van der Waals surface area contributed by atoms with Gasteiger partial charge in [-0.15, -0.1) is 0 Å². The van der Waals surface area contributed by atoms with Crippen LogP contribution < -0.4 is 0 Å². The maximum Gasteiger partial charge on any atom is 0.254 e. The predicted octanol–water partition coefficient (Wildman–Crippen LogP) is 1.96. The topological polar surface area (TPSA) is 74.8 Å². The van der Waals surface area contributed by atoms with Gasteiger partial charge < -0.3 is 9.80 Å². The Kier molecular flexibility index (Phi) is 5.65. The molecule has 0 aliphatic carbocycles. The summed E-state index contributed by atoms with van der Waals surface area (Å²) in [4.78, 5) is 28.8. The lowest BCUT2D eigenvalue weighted by atomic mass is 10.1.